The second-order valence-electron chi connectivity index (χ2n) is 8.41. The number of amides is 1. The molecule has 1 amide bonds. The van der Waals surface area contributed by atoms with Crippen molar-refractivity contribution >= 4 is 11.4 Å². The molecule has 2 N–H and O–H groups in total. The molecule has 4 heterocycles. The average molecular weight is 444 g/mol. The van der Waals surface area contributed by atoms with Crippen LogP contribution in [0.3, 0.4) is 0 Å². The largest absolute Gasteiger partial charge is 0.391 e. The van der Waals surface area contributed by atoms with E-state index >= 15 is 0 Å². The number of aliphatic hydroxyl groups is 1. The number of rotatable bonds is 5. The maximum atomic E-state index is 13.1. The summed E-state index contributed by atoms with van der Waals surface area (Å²) in [6.45, 7) is 0. The first-order valence-corrected chi connectivity index (χ1v) is 11.2. The summed E-state index contributed by atoms with van der Waals surface area (Å²) >= 11 is 0. The van der Waals surface area contributed by atoms with Crippen LogP contribution in [-0.2, 0) is 6.42 Å². The summed E-state index contributed by atoms with van der Waals surface area (Å²) in [5.41, 5.74) is 2.91. The molecule has 1 aliphatic carbocycles. The van der Waals surface area contributed by atoms with E-state index < -0.39 is 12.0 Å². The molecule has 0 spiro atoms. The van der Waals surface area contributed by atoms with Gasteiger partial charge in [-0.05, 0) is 54.8 Å². The summed E-state index contributed by atoms with van der Waals surface area (Å²) in [5, 5.41) is 17.3. The molecule has 8 nitrogen and oxygen atoms in total. The molecule has 4 aromatic rings. The van der Waals surface area contributed by atoms with E-state index in [2.05, 4.69) is 15.4 Å². The molecule has 168 valence electrons. The van der Waals surface area contributed by atoms with E-state index in [9.17, 15) is 14.7 Å². The molecule has 0 saturated heterocycles. The summed E-state index contributed by atoms with van der Waals surface area (Å²) in [7, 11) is 0. The summed E-state index contributed by atoms with van der Waals surface area (Å²) in [4.78, 5) is 30.7. The molecule has 0 unspecified atom stereocenters. The number of carbonyl (C=O) groups excluding carboxylic acids is 1. The SMILES string of the molecule is O=C(N[C@H]1CCCC[C@@H]1O)c1cc(Cc2ccc(-n3cccn3)cn2)c2ccccn2c1=O. The van der Waals surface area contributed by atoms with E-state index in [0.717, 1.165) is 35.3 Å². The number of fused-ring (bicyclic) bond motifs is 1. The topological polar surface area (TPSA) is 102 Å². The minimum absolute atomic E-state index is 0.0691. The molecule has 0 aromatic carbocycles. The van der Waals surface area contributed by atoms with Crippen LogP contribution >= 0.6 is 0 Å². The van der Waals surface area contributed by atoms with Crippen LogP contribution in [0.1, 0.15) is 47.3 Å². The maximum absolute atomic E-state index is 13.1. The Hall–Kier alpha value is -3.78. The van der Waals surface area contributed by atoms with Crippen molar-refractivity contribution in [2.24, 2.45) is 0 Å². The minimum atomic E-state index is -0.581. The van der Waals surface area contributed by atoms with Gasteiger partial charge in [-0.3, -0.25) is 19.0 Å². The van der Waals surface area contributed by atoms with Crippen molar-refractivity contribution in [1.29, 1.82) is 0 Å². The molecular formula is C25H25N5O3. The molecular weight excluding hydrogens is 418 g/mol. The van der Waals surface area contributed by atoms with Gasteiger partial charge in [0.1, 0.15) is 5.56 Å². The monoisotopic (exact) mass is 443 g/mol. The fourth-order valence-corrected chi connectivity index (χ4v) is 4.43. The first-order chi connectivity index (χ1) is 16.1. The first-order valence-electron chi connectivity index (χ1n) is 11.2. The van der Waals surface area contributed by atoms with Crippen molar-refractivity contribution in [1.82, 2.24) is 24.5 Å². The summed E-state index contributed by atoms with van der Waals surface area (Å²) in [6.07, 6.45) is 10.1. The number of aliphatic hydroxyl groups excluding tert-OH is 1. The molecule has 1 aliphatic rings. The highest BCUT2D eigenvalue weighted by Gasteiger charge is 2.26. The number of carbonyl (C=O) groups is 1. The third-order valence-electron chi connectivity index (χ3n) is 6.20. The van der Waals surface area contributed by atoms with Gasteiger partial charge in [0, 0.05) is 30.7 Å². The van der Waals surface area contributed by atoms with Gasteiger partial charge < -0.3 is 10.4 Å². The standard InChI is InChI=1S/C25H25N5O3/c31-23-8-2-1-6-21(23)28-24(32)20-15-17(22-7-3-4-12-29(22)25(20)33)14-18-9-10-19(16-26-18)30-13-5-11-27-30/h3-5,7,9-13,15-16,21,23,31H,1-2,6,8,14H2,(H,28,32)/t21-,23-/m0/s1. The lowest BCUT2D eigenvalue weighted by molar-refractivity contribution is 0.0716. The molecule has 8 heteroatoms. The van der Waals surface area contributed by atoms with Gasteiger partial charge in [0.15, 0.2) is 0 Å². The second kappa shape index (κ2) is 8.99. The predicted molar refractivity (Wildman–Crippen MR) is 124 cm³/mol. The summed E-state index contributed by atoms with van der Waals surface area (Å²) in [5.74, 6) is -0.451. The fraction of sp³-hybridized carbons (Fsp3) is 0.280. The van der Waals surface area contributed by atoms with E-state index in [-0.39, 0.29) is 17.2 Å². The normalized spacial score (nSPS) is 18.3. The zero-order valence-electron chi connectivity index (χ0n) is 18.1. The number of hydrogen-bond donors (Lipinski definition) is 2. The van der Waals surface area contributed by atoms with Crippen molar-refractivity contribution in [3.63, 3.8) is 0 Å². The summed E-state index contributed by atoms with van der Waals surface area (Å²) < 4.78 is 3.23. The van der Waals surface area contributed by atoms with Gasteiger partial charge in [0.2, 0.25) is 0 Å². The van der Waals surface area contributed by atoms with Crippen molar-refractivity contribution in [2.75, 3.05) is 0 Å². The number of pyridine rings is 3. The van der Waals surface area contributed by atoms with Gasteiger partial charge in [0.25, 0.3) is 11.5 Å². The maximum Gasteiger partial charge on any atom is 0.267 e. The third-order valence-corrected chi connectivity index (χ3v) is 6.20. The summed E-state index contributed by atoms with van der Waals surface area (Å²) in [6, 6.07) is 12.5. The molecule has 5 rings (SSSR count). The Morgan fingerprint density at radius 2 is 2.00 bits per heavy atom. The molecule has 1 fully saturated rings. The number of nitrogens with one attached hydrogen (secondary N) is 1. The highest BCUT2D eigenvalue weighted by atomic mass is 16.3. The Labute approximate surface area is 190 Å². The predicted octanol–water partition coefficient (Wildman–Crippen LogP) is 2.50. The molecule has 1 saturated carbocycles. The number of hydrogen-bond acceptors (Lipinski definition) is 5. The van der Waals surface area contributed by atoms with Crippen LogP contribution in [0, 0.1) is 0 Å². The van der Waals surface area contributed by atoms with Gasteiger partial charge in [-0.25, -0.2) is 4.68 Å². The molecule has 0 bridgehead atoms. The van der Waals surface area contributed by atoms with Crippen LogP contribution in [0.5, 0.6) is 0 Å². The highest BCUT2D eigenvalue weighted by Crippen LogP contribution is 2.20. The van der Waals surface area contributed by atoms with E-state index in [1.807, 2.05) is 36.5 Å². The van der Waals surface area contributed by atoms with Gasteiger partial charge in [0.05, 0.1) is 29.5 Å². The zero-order chi connectivity index (χ0) is 22.8. The Morgan fingerprint density at radius 1 is 1.12 bits per heavy atom. The van der Waals surface area contributed by atoms with Crippen LogP contribution in [0.25, 0.3) is 11.2 Å². The molecule has 0 aliphatic heterocycles. The van der Waals surface area contributed by atoms with Crippen molar-refractivity contribution in [3.05, 3.63) is 94.4 Å². The third kappa shape index (κ3) is 4.29. The minimum Gasteiger partial charge on any atom is -0.391 e. The zero-order valence-corrected chi connectivity index (χ0v) is 18.1. The smallest absolute Gasteiger partial charge is 0.267 e. The first kappa shape index (κ1) is 21.1. The fourth-order valence-electron chi connectivity index (χ4n) is 4.43. The van der Waals surface area contributed by atoms with Gasteiger partial charge in [-0.1, -0.05) is 18.9 Å². The van der Waals surface area contributed by atoms with E-state index in [1.165, 1.54) is 4.40 Å². The van der Waals surface area contributed by atoms with Gasteiger partial charge >= 0.3 is 0 Å². The van der Waals surface area contributed by atoms with E-state index in [0.29, 0.717) is 19.3 Å². The lowest BCUT2D eigenvalue weighted by atomic mass is 9.92. The second-order valence-corrected chi connectivity index (χ2v) is 8.41. The Balaban J connectivity index is 1.47. The van der Waals surface area contributed by atoms with Crippen molar-refractivity contribution in [3.8, 4) is 5.69 Å². The number of nitrogens with zero attached hydrogens (tertiary/aromatic N) is 4. The van der Waals surface area contributed by atoms with Crippen LogP contribution in [0.4, 0.5) is 0 Å². The van der Waals surface area contributed by atoms with Crippen molar-refractivity contribution < 1.29 is 9.90 Å². The van der Waals surface area contributed by atoms with Gasteiger partial charge in [-0.2, -0.15) is 5.10 Å². The lowest BCUT2D eigenvalue weighted by Crippen LogP contribution is -2.46. The van der Waals surface area contributed by atoms with Crippen LogP contribution in [0.15, 0.2) is 72.0 Å². The van der Waals surface area contributed by atoms with E-state index in [1.54, 1.807) is 35.4 Å². The molecule has 4 aromatic heterocycles. The highest BCUT2D eigenvalue weighted by molar-refractivity contribution is 5.94. The Kier molecular flexibility index (Phi) is 5.75. The van der Waals surface area contributed by atoms with Crippen LogP contribution in [0.2, 0.25) is 0 Å². The molecule has 33 heavy (non-hydrogen) atoms. The molecule has 0 radical (unpaired) electrons. The molecule has 2 atom stereocenters. The average Bonchev–Trinajstić information content (AvgIpc) is 3.38. The Bertz CT molecular complexity index is 1330. The van der Waals surface area contributed by atoms with Crippen molar-refractivity contribution in [2.45, 2.75) is 44.2 Å². The quantitative estimate of drug-likeness (QED) is 0.494. The van der Waals surface area contributed by atoms with Crippen LogP contribution in [-0.4, -0.2) is 42.3 Å². The Morgan fingerprint density at radius 3 is 2.76 bits per heavy atom. The van der Waals surface area contributed by atoms with Crippen LogP contribution < -0.4 is 10.9 Å². The number of aromatic nitrogens is 4. The van der Waals surface area contributed by atoms with Gasteiger partial charge in [-0.15, -0.1) is 0 Å². The lowest BCUT2D eigenvalue weighted by Gasteiger charge is -2.28. The van der Waals surface area contributed by atoms with E-state index in [4.69, 9.17) is 0 Å².